The van der Waals surface area contributed by atoms with Crippen molar-refractivity contribution in [2.75, 3.05) is 0 Å². The van der Waals surface area contributed by atoms with E-state index in [1.54, 1.807) is 6.92 Å². The van der Waals surface area contributed by atoms with Gasteiger partial charge in [0.05, 0.1) is 11.7 Å². The van der Waals surface area contributed by atoms with Crippen LogP contribution in [0.4, 0.5) is 0 Å². The second kappa shape index (κ2) is 8.95. The zero-order valence-electron chi connectivity index (χ0n) is 17.7. The molecule has 0 fully saturated rings. The van der Waals surface area contributed by atoms with Crippen molar-refractivity contribution in [3.8, 4) is 0 Å². The van der Waals surface area contributed by atoms with Gasteiger partial charge in [-0.1, -0.05) is 60.7 Å². The molecule has 2 aromatic carbocycles. The van der Waals surface area contributed by atoms with E-state index in [-0.39, 0.29) is 23.9 Å². The largest absolute Gasteiger partial charge is 0.332 e. The number of carbonyl (C=O) groups is 1. The molecule has 1 atom stereocenters. The lowest BCUT2D eigenvalue weighted by Gasteiger charge is -2.30. The van der Waals surface area contributed by atoms with Crippen molar-refractivity contribution in [2.24, 2.45) is 0 Å². The van der Waals surface area contributed by atoms with Crippen LogP contribution in [0, 0.1) is 6.92 Å². The molecule has 0 aliphatic heterocycles. The molecule has 0 saturated carbocycles. The Balaban J connectivity index is 1.58. The number of aromatic amines is 1. The van der Waals surface area contributed by atoms with E-state index in [9.17, 15) is 9.59 Å². The van der Waals surface area contributed by atoms with E-state index < -0.39 is 0 Å². The maximum absolute atomic E-state index is 13.3. The Labute approximate surface area is 180 Å². The minimum atomic E-state index is -0.210. The molecule has 0 saturated heterocycles. The van der Waals surface area contributed by atoms with Crippen LogP contribution in [0.2, 0.25) is 0 Å². The minimum absolute atomic E-state index is 0.00582. The number of rotatable bonds is 7. The molecule has 2 heterocycles. The highest BCUT2D eigenvalue weighted by atomic mass is 16.2. The van der Waals surface area contributed by atoms with Gasteiger partial charge in [-0.15, -0.1) is 0 Å². The lowest BCUT2D eigenvalue weighted by molar-refractivity contribution is -0.134. The van der Waals surface area contributed by atoms with Gasteiger partial charge in [-0.05, 0) is 31.4 Å². The summed E-state index contributed by atoms with van der Waals surface area (Å²) in [6.07, 6.45) is 1.98. The quantitative estimate of drug-likeness (QED) is 0.501. The number of hydrogen-bond donors (Lipinski definition) is 1. The van der Waals surface area contributed by atoms with Gasteiger partial charge in [0, 0.05) is 18.5 Å². The topological polar surface area (TPSA) is 83.4 Å². The van der Waals surface area contributed by atoms with Crippen LogP contribution in [-0.2, 0) is 17.8 Å². The molecule has 4 rings (SSSR count). The molecule has 1 unspecified atom stereocenters. The highest BCUT2D eigenvalue weighted by molar-refractivity contribution is 5.77. The number of nitrogens with zero attached hydrogens (tertiary/aromatic N) is 4. The normalized spacial score (nSPS) is 12.1. The van der Waals surface area contributed by atoms with Gasteiger partial charge in [0.1, 0.15) is 6.33 Å². The van der Waals surface area contributed by atoms with Crippen molar-refractivity contribution < 1.29 is 4.79 Å². The molecule has 7 heteroatoms. The second-order valence-corrected chi connectivity index (χ2v) is 7.60. The van der Waals surface area contributed by atoms with Gasteiger partial charge in [0.25, 0.3) is 11.3 Å². The number of aryl methyl sites for hydroxylation is 1. The van der Waals surface area contributed by atoms with Gasteiger partial charge >= 0.3 is 0 Å². The molecule has 1 amide bonds. The summed E-state index contributed by atoms with van der Waals surface area (Å²) in [5.74, 6) is 0.328. The van der Waals surface area contributed by atoms with Crippen molar-refractivity contribution >= 4 is 11.7 Å². The average Bonchev–Trinajstić information content (AvgIpc) is 3.26. The fraction of sp³-hybridized carbons (Fsp3) is 0.250. The van der Waals surface area contributed by atoms with Crippen LogP contribution < -0.4 is 5.56 Å². The molecule has 7 nitrogen and oxygen atoms in total. The second-order valence-electron chi connectivity index (χ2n) is 7.60. The molecule has 158 valence electrons. The maximum Gasteiger partial charge on any atom is 0.277 e. The SMILES string of the molecule is Cc1nc2nc[nH]n2c(=O)c1CCC(=O)N(Cc1ccccc1)C(C)c1ccccc1. The Bertz CT molecular complexity index is 1230. The van der Waals surface area contributed by atoms with Crippen molar-refractivity contribution in [1.29, 1.82) is 0 Å². The van der Waals surface area contributed by atoms with Gasteiger partial charge in [-0.3, -0.25) is 14.7 Å². The van der Waals surface area contributed by atoms with E-state index in [0.29, 0.717) is 30.0 Å². The van der Waals surface area contributed by atoms with Crippen LogP contribution >= 0.6 is 0 Å². The van der Waals surface area contributed by atoms with Crippen molar-refractivity contribution in [3.63, 3.8) is 0 Å². The first-order chi connectivity index (χ1) is 15.0. The molecule has 2 aromatic heterocycles. The summed E-state index contributed by atoms with van der Waals surface area (Å²) in [6, 6.07) is 19.8. The number of benzene rings is 2. The number of hydrogen-bond acceptors (Lipinski definition) is 4. The Morgan fingerprint density at radius 1 is 1.10 bits per heavy atom. The summed E-state index contributed by atoms with van der Waals surface area (Å²) in [7, 11) is 0. The summed E-state index contributed by atoms with van der Waals surface area (Å²) >= 11 is 0. The molecule has 0 aliphatic rings. The average molecular weight is 415 g/mol. The predicted molar refractivity (Wildman–Crippen MR) is 119 cm³/mol. The highest BCUT2D eigenvalue weighted by Gasteiger charge is 2.23. The van der Waals surface area contributed by atoms with Crippen molar-refractivity contribution in [1.82, 2.24) is 24.5 Å². The molecule has 0 radical (unpaired) electrons. The molecule has 0 aliphatic carbocycles. The molecule has 0 spiro atoms. The third-order valence-electron chi connectivity index (χ3n) is 5.59. The monoisotopic (exact) mass is 415 g/mol. The fourth-order valence-electron chi connectivity index (χ4n) is 3.79. The number of nitrogens with one attached hydrogen (secondary N) is 1. The number of H-pyrrole nitrogens is 1. The molecule has 0 bridgehead atoms. The van der Waals surface area contributed by atoms with E-state index in [2.05, 4.69) is 15.1 Å². The number of fused-ring (bicyclic) bond motifs is 1. The van der Waals surface area contributed by atoms with Crippen LogP contribution in [0.3, 0.4) is 0 Å². The van der Waals surface area contributed by atoms with Gasteiger partial charge in [-0.2, -0.15) is 4.52 Å². The molecule has 4 aromatic rings. The Morgan fingerprint density at radius 3 is 2.48 bits per heavy atom. The zero-order valence-corrected chi connectivity index (χ0v) is 17.7. The summed E-state index contributed by atoms with van der Waals surface area (Å²) in [5.41, 5.74) is 3.07. The lowest BCUT2D eigenvalue weighted by atomic mass is 10.0. The standard InChI is InChI=1S/C24H25N5O2/c1-17-21(23(31)29-24(27-17)25-16-26-29)13-14-22(30)28(15-19-9-5-3-6-10-19)18(2)20-11-7-4-8-12-20/h3-12,16,18H,13-15H2,1-2H3,(H,25,26,27). The summed E-state index contributed by atoms with van der Waals surface area (Å²) in [5, 5.41) is 2.77. The summed E-state index contributed by atoms with van der Waals surface area (Å²) in [4.78, 5) is 36.4. The van der Waals surface area contributed by atoms with Crippen molar-refractivity contribution in [3.05, 3.63) is 99.7 Å². The Hall–Kier alpha value is -3.74. The van der Waals surface area contributed by atoms with Crippen LogP contribution in [0.15, 0.2) is 71.8 Å². The van der Waals surface area contributed by atoms with Gasteiger partial charge in [0.15, 0.2) is 0 Å². The number of amides is 1. The van der Waals surface area contributed by atoms with Crippen molar-refractivity contribution in [2.45, 2.75) is 39.3 Å². The van der Waals surface area contributed by atoms with Crippen LogP contribution in [0.5, 0.6) is 0 Å². The summed E-state index contributed by atoms with van der Waals surface area (Å²) < 4.78 is 1.31. The molecular weight excluding hydrogens is 390 g/mol. The first-order valence-electron chi connectivity index (χ1n) is 10.3. The van der Waals surface area contributed by atoms with E-state index >= 15 is 0 Å². The van der Waals surface area contributed by atoms with Gasteiger partial charge in [-0.25, -0.2) is 9.97 Å². The van der Waals surface area contributed by atoms with E-state index in [0.717, 1.165) is 11.1 Å². The lowest BCUT2D eigenvalue weighted by Crippen LogP contribution is -2.34. The first kappa shape index (κ1) is 20.5. The van der Waals surface area contributed by atoms with E-state index in [1.807, 2.05) is 72.5 Å². The fourth-order valence-corrected chi connectivity index (χ4v) is 3.79. The first-order valence-corrected chi connectivity index (χ1v) is 10.3. The highest BCUT2D eigenvalue weighted by Crippen LogP contribution is 2.23. The zero-order chi connectivity index (χ0) is 21.8. The van der Waals surface area contributed by atoms with E-state index in [1.165, 1.54) is 10.8 Å². The third kappa shape index (κ3) is 4.40. The smallest absolute Gasteiger partial charge is 0.277 e. The number of carbonyl (C=O) groups excluding carboxylic acids is 1. The maximum atomic E-state index is 13.3. The van der Waals surface area contributed by atoms with Crippen LogP contribution in [0.1, 0.15) is 41.8 Å². The predicted octanol–water partition coefficient (Wildman–Crippen LogP) is 3.45. The van der Waals surface area contributed by atoms with Gasteiger partial charge < -0.3 is 4.90 Å². The van der Waals surface area contributed by atoms with Crippen LogP contribution in [-0.4, -0.2) is 30.4 Å². The minimum Gasteiger partial charge on any atom is -0.332 e. The Kier molecular flexibility index (Phi) is 5.93. The Morgan fingerprint density at radius 2 is 1.77 bits per heavy atom. The van der Waals surface area contributed by atoms with Gasteiger partial charge in [0.2, 0.25) is 5.91 Å². The molecule has 31 heavy (non-hydrogen) atoms. The molecule has 1 N–H and O–H groups in total. The summed E-state index contributed by atoms with van der Waals surface area (Å²) in [6.45, 7) is 4.32. The number of aromatic nitrogens is 4. The van der Waals surface area contributed by atoms with E-state index in [4.69, 9.17) is 0 Å². The van der Waals surface area contributed by atoms with Crippen LogP contribution in [0.25, 0.3) is 5.78 Å². The molecular formula is C24H25N5O2. The third-order valence-corrected chi connectivity index (χ3v) is 5.59.